The summed E-state index contributed by atoms with van der Waals surface area (Å²) in [6.07, 6.45) is 1.81. The minimum atomic E-state index is 0.260. The van der Waals surface area contributed by atoms with Gasteiger partial charge in [-0.2, -0.15) is 0 Å². The third-order valence-corrected chi connectivity index (χ3v) is 3.20. The lowest BCUT2D eigenvalue weighted by molar-refractivity contribution is 0.219. The first-order chi connectivity index (χ1) is 10.0. The van der Waals surface area contributed by atoms with Crippen molar-refractivity contribution in [3.05, 3.63) is 53.6 Å². The molecule has 0 saturated carbocycles. The summed E-state index contributed by atoms with van der Waals surface area (Å²) in [7, 11) is 0. The zero-order valence-electron chi connectivity index (χ0n) is 13.0. The molecule has 1 N–H and O–H groups in total. The summed E-state index contributed by atoms with van der Waals surface area (Å²) < 4.78 is 0. The van der Waals surface area contributed by atoms with E-state index in [9.17, 15) is 5.11 Å². The van der Waals surface area contributed by atoms with E-state index in [0.29, 0.717) is 12.5 Å². The van der Waals surface area contributed by atoms with Gasteiger partial charge in [0.2, 0.25) is 0 Å². The predicted octanol–water partition coefficient (Wildman–Crippen LogP) is 3.15. The van der Waals surface area contributed by atoms with Gasteiger partial charge in [-0.15, -0.1) is 0 Å². The zero-order chi connectivity index (χ0) is 15.2. The fraction of sp³-hybridized carbons (Fsp3) is 0.412. The maximum atomic E-state index is 9.98. The molecule has 0 bridgehead atoms. The van der Waals surface area contributed by atoms with Gasteiger partial charge in [-0.05, 0) is 37.1 Å². The summed E-state index contributed by atoms with van der Waals surface area (Å²) in [6.45, 7) is 8.64. The fourth-order valence-electron chi connectivity index (χ4n) is 2.35. The third kappa shape index (κ3) is 4.83. The number of pyridine rings is 2. The average Bonchev–Trinajstić information content (AvgIpc) is 2.43. The molecule has 0 spiro atoms. The first-order valence-electron chi connectivity index (χ1n) is 7.32. The van der Waals surface area contributed by atoms with Crippen molar-refractivity contribution in [1.82, 2.24) is 14.9 Å². The van der Waals surface area contributed by atoms with Crippen LogP contribution in [0.5, 0.6) is 5.75 Å². The second-order valence-corrected chi connectivity index (χ2v) is 5.80. The van der Waals surface area contributed by atoms with Crippen molar-refractivity contribution in [1.29, 1.82) is 0 Å². The van der Waals surface area contributed by atoms with Crippen molar-refractivity contribution in [2.24, 2.45) is 5.92 Å². The Hall–Kier alpha value is -1.94. The maximum Gasteiger partial charge on any atom is 0.138 e. The van der Waals surface area contributed by atoms with Crippen molar-refractivity contribution in [3.8, 4) is 5.75 Å². The molecule has 2 rings (SSSR count). The SMILES string of the molecule is Cc1ccc(O)c(CN(Cc2ccccn2)CC(C)C)n1. The van der Waals surface area contributed by atoms with Gasteiger partial charge >= 0.3 is 0 Å². The van der Waals surface area contributed by atoms with Crippen LogP contribution in [0.2, 0.25) is 0 Å². The minimum Gasteiger partial charge on any atom is -0.506 e. The van der Waals surface area contributed by atoms with Crippen molar-refractivity contribution in [3.63, 3.8) is 0 Å². The van der Waals surface area contributed by atoms with Gasteiger partial charge < -0.3 is 5.11 Å². The molecule has 0 aliphatic rings. The molecule has 0 aliphatic carbocycles. The van der Waals surface area contributed by atoms with E-state index in [0.717, 1.165) is 30.2 Å². The standard InChI is InChI=1S/C17H23N3O/c1-13(2)10-20(11-15-6-4-5-9-18-15)12-16-17(21)8-7-14(3)19-16/h4-9,13,21H,10-12H2,1-3H3. The molecule has 21 heavy (non-hydrogen) atoms. The molecule has 112 valence electrons. The first-order valence-corrected chi connectivity index (χ1v) is 7.32. The highest BCUT2D eigenvalue weighted by Gasteiger charge is 2.13. The Labute approximate surface area is 126 Å². The van der Waals surface area contributed by atoms with Crippen LogP contribution in [-0.2, 0) is 13.1 Å². The zero-order valence-corrected chi connectivity index (χ0v) is 13.0. The lowest BCUT2D eigenvalue weighted by atomic mass is 10.2. The minimum absolute atomic E-state index is 0.260. The number of nitrogens with zero attached hydrogens (tertiary/aromatic N) is 3. The van der Waals surface area contributed by atoms with Gasteiger partial charge in [-0.3, -0.25) is 14.9 Å². The third-order valence-electron chi connectivity index (χ3n) is 3.20. The average molecular weight is 285 g/mol. The molecule has 0 amide bonds. The number of hydrogen-bond acceptors (Lipinski definition) is 4. The van der Waals surface area contributed by atoms with E-state index in [1.807, 2.05) is 37.4 Å². The van der Waals surface area contributed by atoms with Crippen LogP contribution in [-0.4, -0.2) is 26.5 Å². The Morgan fingerprint density at radius 2 is 1.95 bits per heavy atom. The maximum absolute atomic E-state index is 9.98. The topological polar surface area (TPSA) is 49.2 Å². The van der Waals surface area contributed by atoms with Gasteiger partial charge in [0, 0.05) is 31.5 Å². The monoisotopic (exact) mass is 285 g/mol. The van der Waals surface area contributed by atoms with Crippen LogP contribution in [0.1, 0.15) is 30.9 Å². The van der Waals surface area contributed by atoms with Gasteiger partial charge in [-0.1, -0.05) is 19.9 Å². The van der Waals surface area contributed by atoms with Crippen LogP contribution < -0.4 is 0 Å². The molecule has 0 unspecified atom stereocenters. The van der Waals surface area contributed by atoms with Crippen molar-refractivity contribution < 1.29 is 5.11 Å². The first kappa shape index (κ1) is 15.4. The number of aryl methyl sites for hydroxylation is 1. The summed E-state index contributed by atoms with van der Waals surface area (Å²) in [5, 5.41) is 9.98. The smallest absolute Gasteiger partial charge is 0.138 e. The van der Waals surface area contributed by atoms with E-state index in [1.165, 1.54) is 0 Å². The van der Waals surface area contributed by atoms with Crippen molar-refractivity contribution in [2.75, 3.05) is 6.54 Å². The molecular formula is C17H23N3O. The molecule has 2 aromatic rings. The lowest BCUT2D eigenvalue weighted by Gasteiger charge is -2.24. The van der Waals surface area contributed by atoms with Crippen LogP contribution in [0.25, 0.3) is 0 Å². The van der Waals surface area contributed by atoms with Crippen molar-refractivity contribution >= 4 is 0 Å². The Balaban J connectivity index is 2.14. The molecule has 0 aromatic carbocycles. The number of hydrogen-bond donors (Lipinski definition) is 1. The summed E-state index contributed by atoms with van der Waals surface area (Å²) in [5.74, 6) is 0.802. The van der Waals surface area contributed by atoms with E-state index in [4.69, 9.17) is 0 Å². The second-order valence-electron chi connectivity index (χ2n) is 5.80. The molecule has 2 aromatic heterocycles. The highest BCUT2D eigenvalue weighted by atomic mass is 16.3. The fourth-order valence-corrected chi connectivity index (χ4v) is 2.35. The molecule has 4 heteroatoms. The Bertz CT molecular complexity index is 570. The van der Waals surface area contributed by atoms with E-state index in [-0.39, 0.29) is 5.75 Å². The van der Waals surface area contributed by atoms with Crippen LogP contribution in [0.3, 0.4) is 0 Å². The summed E-state index contributed by atoms with van der Waals surface area (Å²) >= 11 is 0. The quantitative estimate of drug-likeness (QED) is 0.885. The molecule has 0 radical (unpaired) electrons. The summed E-state index contributed by atoms with van der Waals surface area (Å²) in [6, 6.07) is 9.48. The van der Waals surface area contributed by atoms with E-state index in [2.05, 4.69) is 28.7 Å². The number of aromatic hydroxyl groups is 1. The van der Waals surface area contributed by atoms with Crippen LogP contribution >= 0.6 is 0 Å². The van der Waals surface area contributed by atoms with Crippen LogP contribution in [0.15, 0.2) is 36.5 Å². The largest absolute Gasteiger partial charge is 0.506 e. The Morgan fingerprint density at radius 3 is 2.62 bits per heavy atom. The van der Waals surface area contributed by atoms with Gasteiger partial charge in [-0.25, -0.2) is 0 Å². The molecule has 0 atom stereocenters. The van der Waals surface area contributed by atoms with E-state index in [1.54, 1.807) is 6.07 Å². The van der Waals surface area contributed by atoms with Crippen LogP contribution in [0.4, 0.5) is 0 Å². The van der Waals surface area contributed by atoms with E-state index < -0.39 is 0 Å². The molecule has 4 nitrogen and oxygen atoms in total. The molecule has 2 heterocycles. The highest BCUT2D eigenvalue weighted by Crippen LogP contribution is 2.18. The lowest BCUT2D eigenvalue weighted by Crippen LogP contribution is -2.28. The van der Waals surface area contributed by atoms with Gasteiger partial charge in [0.25, 0.3) is 0 Å². The predicted molar refractivity (Wildman–Crippen MR) is 83.8 cm³/mol. The Morgan fingerprint density at radius 1 is 1.14 bits per heavy atom. The summed E-state index contributed by atoms with van der Waals surface area (Å²) in [4.78, 5) is 11.1. The Kier molecular flexibility index (Phi) is 5.28. The van der Waals surface area contributed by atoms with Crippen LogP contribution in [0, 0.1) is 12.8 Å². The van der Waals surface area contributed by atoms with Crippen molar-refractivity contribution in [2.45, 2.75) is 33.9 Å². The van der Waals surface area contributed by atoms with Gasteiger partial charge in [0.05, 0.1) is 11.4 Å². The normalized spacial score (nSPS) is 11.3. The molecule has 0 aliphatic heterocycles. The molecule has 0 saturated heterocycles. The molecular weight excluding hydrogens is 262 g/mol. The molecule has 0 fully saturated rings. The highest BCUT2D eigenvalue weighted by molar-refractivity contribution is 5.27. The van der Waals surface area contributed by atoms with E-state index >= 15 is 0 Å². The number of aromatic nitrogens is 2. The van der Waals surface area contributed by atoms with Gasteiger partial charge in [0.15, 0.2) is 0 Å². The van der Waals surface area contributed by atoms with Gasteiger partial charge in [0.1, 0.15) is 5.75 Å². The second kappa shape index (κ2) is 7.18. The number of rotatable bonds is 6. The summed E-state index contributed by atoms with van der Waals surface area (Å²) in [5.41, 5.74) is 2.68.